The van der Waals surface area contributed by atoms with Crippen molar-refractivity contribution in [3.05, 3.63) is 12.2 Å². The van der Waals surface area contributed by atoms with E-state index < -0.39 is 16.6 Å². The Kier molecular flexibility index (Phi) is 8.98. The zero-order chi connectivity index (χ0) is 24.4. The summed E-state index contributed by atoms with van der Waals surface area (Å²) in [6.45, 7) is 18.4. The van der Waals surface area contributed by atoms with Gasteiger partial charge < -0.3 is 18.3 Å². The number of hydrogen-bond donors (Lipinski definition) is 0. The molecular weight excluding hydrogens is 440 g/mol. The van der Waals surface area contributed by atoms with Crippen molar-refractivity contribution in [3.63, 3.8) is 0 Å². The van der Waals surface area contributed by atoms with Crippen molar-refractivity contribution in [2.75, 3.05) is 27.4 Å². The van der Waals surface area contributed by atoms with Gasteiger partial charge in [-0.2, -0.15) is 0 Å². The number of carbonyl (C=O) groups is 2. The maximum absolute atomic E-state index is 13.0. The second-order valence-corrected chi connectivity index (χ2v) is 20.5. The fourth-order valence-corrected chi connectivity index (χ4v) is 17.5. The minimum Gasteiger partial charge on any atom is -0.469 e. The Bertz CT molecular complexity index is 629. The first-order chi connectivity index (χ1) is 14.9. The number of methoxy groups -OCH3 is 2. The molecule has 2 fully saturated rings. The molecule has 32 heavy (non-hydrogen) atoms. The van der Waals surface area contributed by atoms with Gasteiger partial charge in [-0.15, -0.1) is 0 Å². The Morgan fingerprint density at radius 2 is 0.969 bits per heavy atom. The number of rotatable bonds is 8. The van der Waals surface area contributed by atoms with Crippen LogP contribution in [0.1, 0.15) is 55.4 Å². The molecule has 0 aromatic heterocycles. The SMILES string of the molecule is COC(=O)C1C(/C=C/C2CO[Si](C(C)C)(C(C)C)C2C(=O)OC)CO[Si]1(C(C)C)C(C)C. The van der Waals surface area contributed by atoms with Gasteiger partial charge in [-0.1, -0.05) is 67.5 Å². The maximum atomic E-state index is 13.0. The van der Waals surface area contributed by atoms with Gasteiger partial charge in [0.2, 0.25) is 16.6 Å². The van der Waals surface area contributed by atoms with Gasteiger partial charge in [0.25, 0.3) is 0 Å². The van der Waals surface area contributed by atoms with Crippen LogP contribution in [0.15, 0.2) is 12.2 Å². The first-order valence-electron chi connectivity index (χ1n) is 12.0. The molecule has 0 spiro atoms. The number of ether oxygens (including phenoxy) is 2. The van der Waals surface area contributed by atoms with Gasteiger partial charge >= 0.3 is 11.9 Å². The van der Waals surface area contributed by atoms with E-state index in [4.69, 9.17) is 18.3 Å². The van der Waals surface area contributed by atoms with Gasteiger partial charge in [-0.25, -0.2) is 0 Å². The first-order valence-corrected chi connectivity index (χ1v) is 16.3. The highest BCUT2D eigenvalue weighted by atomic mass is 28.4. The lowest BCUT2D eigenvalue weighted by Crippen LogP contribution is -2.49. The molecule has 0 amide bonds. The van der Waals surface area contributed by atoms with E-state index in [9.17, 15) is 9.59 Å². The van der Waals surface area contributed by atoms with Crippen LogP contribution in [0.3, 0.4) is 0 Å². The highest BCUT2D eigenvalue weighted by Gasteiger charge is 2.61. The smallest absolute Gasteiger partial charge is 0.308 e. The van der Waals surface area contributed by atoms with Crippen LogP contribution >= 0.6 is 0 Å². The monoisotopic (exact) mass is 484 g/mol. The molecule has 0 bridgehead atoms. The summed E-state index contributed by atoms with van der Waals surface area (Å²) in [5.41, 5.74) is 0.683. The van der Waals surface area contributed by atoms with E-state index in [-0.39, 0.29) is 34.9 Å². The standard InChI is InChI=1S/C24H44O6Si2/c1-15(2)31(16(3)4)21(23(25)27-9)19(13-29-31)11-12-20-14-30-32(17(5)6,18(7)8)22(20)24(26)28-10/h11-12,15-22H,13-14H2,1-10H3/b12-11+. The summed E-state index contributed by atoms with van der Waals surface area (Å²) in [4.78, 5) is 25.9. The topological polar surface area (TPSA) is 71.1 Å². The third kappa shape index (κ3) is 4.40. The van der Waals surface area contributed by atoms with Crippen molar-refractivity contribution in [2.24, 2.45) is 11.8 Å². The van der Waals surface area contributed by atoms with Crippen LogP contribution in [0.5, 0.6) is 0 Å². The molecule has 2 heterocycles. The molecule has 2 rings (SSSR count). The second kappa shape index (κ2) is 10.5. The molecule has 184 valence electrons. The molecule has 4 unspecified atom stereocenters. The van der Waals surface area contributed by atoms with Crippen LogP contribution in [0.25, 0.3) is 0 Å². The van der Waals surface area contributed by atoms with Crippen molar-refractivity contribution in [3.8, 4) is 0 Å². The van der Waals surface area contributed by atoms with E-state index in [1.54, 1.807) is 0 Å². The van der Waals surface area contributed by atoms with Crippen molar-refractivity contribution >= 4 is 28.6 Å². The van der Waals surface area contributed by atoms with Crippen LogP contribution in [0.2, 0.25) is 33.2 Å². The molecule has 2 saturated heterocycles. The minimum atomic E-state index is -2.39. The van der Waals surface area contributed by atoms with Gasteiger partial charge in [-0.05, 0) is 22.2 Å². The summed E-state index contributed by atoms with van der Waals surface area (Å²) in [6.07, 6.45) is 4.21. The zero-order valence-corrected chi connectivity index (χ0v) is 23.6. The summed E-state index contributed by atoms with van der Waals surface area (Å²) < 4.78 is 23.5. The highest BCUT2D eigenvalue weighted by molar-refractivity contribution is 6.81. The first kappa shape index (κ1) is 27.3. The average Bonchev–Trinajstić information content (AvgIpc) is 3.31. The van der Waals surface area contributed by atoms with Gasteiger partial charge in [0, 0.05) is 25.0 Å². The lowest BCUT2D eigenvalue weighted by molar-refractivity contribution is -0.142. The highest BCUT2D eigenvalue weighted by Crippen LogP contribution is 2.54. The molecular formula is C24H44O6Si2. The third-order valence-corrected chi connectivity index (χ3v) is 19.8. The quantitative estimate of drug-likeness (QED) is 0.259. The molecule has 2 aliphatic heterocycles. The lowest BCUT2D eigenvalue weighted by Gasteiger charge is -2.38. The molecule has 8 heteroatoms. The van der Waals surface area contributed by atoms with E-state index >= 15 is 0 Å². The summed E-state index contributed by atoms with van der Waals surface area (Å²) in [6, 6.07) is 0. The zero-order valence-electron chi connectivity index (χ0n) is 21.6. The fraction of sp³-hybridized carbons (Fsp3) is 0.833. The second-order valence-electron chi connectivity index (χ2n) is 10.7. The molecule has 6 nitrogen and oxygen atoms in total. The third-order valence-electron chi connectivity index (χ3n) is 8.01. The molecule has 0 aliphatic carbocycles. The largest absolute Gasteiger partial charge is 0.469 e. The lowest BCUT2D eigenvalue weighted by atomic mass is 9.99. The van der Waals surface area contributed by atoms with Crippen LogP contribution < -0.4 is 0 Å². The molecule has 0 N–H and O–H groups in total. The fourth-order valence-electron chi connectivity index (χ4n) is 6.55. The molecule has 2 aliphatic rings. The van der Waals surface area contributed by atoms with E-state index in [0.717, 1.165) is 0 Å². The van der Waals surface area contributed by atoms with E-state index in [1.165, 1.54) is 14.2 Å². The van der Waals surface area contributed by atoms with E-state index in [0.29, 0.717) is 35.4 Å². The van der Waals surface area contributed by atoms with Crippen LogP contribution in [0.4, 0.5) is 0 Å². The summed E-state index contributed by atoms with van der Waals surface area (Å²) in [7, 11) is -1.85. The Balaban J connectivity index is 2.42. The van der Waals surface area contributed by atoms with Gasteiger partial charge in [0.1, 0.15) is 0 Å². The van der Waals surface area contributed by atoms with Crippen LogP contribution in [-0.4, -0.2) is 56.0 Å². The van der Waals surface area contributed by atoms with E-state index in [2.05, 4.69) is 67.5 Å². The Morgan fingerprint density at radius 1 is 0.688 bits per heavy atom. The van der Waals surface area contributed by atoms with Crippen molar-refractivity contribution in [1.82, 2.24) is 0 Å². The minimum absolute atomic E-state index is 0.0491. The van der Waals surface area contributed by atoms with Crippen molar-refractivity contribution in [2.45, 2.75) is 88.6 Å². The normalized spacial score (nSPS) is 29.6. The number of esters is 2. The molecule has 0 aromatic rings. The number of carbonyl (C=O) groups excluding carboxylic acids is 2. The summed E-state index contributed by atoms with van der Waals surface area (Å²) in [5, 5.41) is 0. The molecule has 0 radical (unpaired) electrons. The maximum Gasteiger partial charge on any atom is 0.308 e. The van der Waals surface area contributed by atoms with Crippen LogP contribution in [0, 0.1) is 11.8 Å². The Hall–Kier alpha value is -0.966. The molecule has 4 atom stereocenters. The Labute approximate surface area is 196 Å². The van der Waals surface area contributed by atoms with Crippen LogP contribution in [-0.2, 0) is 27.9 Å². The van der Waals surface area contributed by atoms with Crippen molar-refractivity contribution in [1.29, 1.82) is 0 Å². The molecule has 0 saturated carbocycles. The summed E-state index contributed by atoms with van der Waals surface area (Å²) >= 11 is 0. The van der Waals surface area contributed by atoms with E-state index in [1.807, 2.05) is 0 Å². The van der Waals surface area contributed by atoms with Crippen molar-refractivity contribution < 1.29 is 27.9 Å². The Morgan fingerprint density at radius 3 is 1.19 bits per heavy atom. The van der Waals surface area contributed by atoms with Gasteiger partial charge in [0.05, 0.1) is 25.3 Å². The predicted octanol–water partition coefficient (Wildman–Crippen LogP) is 5.45. The van der Waals surface area contributed by atoms with Gasteiger partial charge in [0.15, 0.2) is 0 Å². The molecule has 0 aromatic carbocycles. The van der Waals surface area contributed by atoms with Gasteiger partial charge in [-0.3, -0.25) is 9.59 Å². The predicted molar refractivity (Wildman–Crippen MR) is 131 cm³/mol. The summed E-state index contributed by atoms with van der Waals surface area (Å²) in [5.74, 6) is -0.447. The number of hydrogen-bond acceptors (Lipinski definition) is 6. The average molecular weight is 485 g/mol.